The number of nitrogens with zero attached hydrogens (tertiary/aromatic N) is 3. The number of rotatable bonds is 0. The molecule has 1 aromatic heterocycles. The van der Waals surface area contributed by atoms with Gasteiger partial charge in [0.15, 0.2) is 6.07 Å². The zero-order valence-corrected chi connectivity index (χ0v) is 6.63. The third-order valence-corrected chi connectivity index (χ3v) is 1.30. The first-order valence-electron chi connectivity index (χ1n) is 2.92. The van der Waals surface area contributed by atoms with Crippen LogP contribution in [0.1, 0.15) is 5.56 Å². The van der Waals surface area contributed by atoms with Crippen LogP contribution in [-0.4, -0.2) is 9.97 Å². The van der Waals surface area contributed by atoms with Crippen LogP contribution < -0.4 is 5.73 Å². The first kappa shape index (κ1) is 8.32. The maximum Gasteiger partial charge on any atom is 0.221 e. The van der Waals surface area contributed by atoms with E-state index in [1.807, 2.05) is 0 Å². The van der Waals surface area contributed by atoms with E-state index in [9.17, 15) is 0 Å². The first-order chi connectivity index (χ1) is 5.74. The van der Waals surface area contributed by atoms with Crippen LogP contribution >= 0.6 is 11.6 Å². The molecule has 58 valence electrons. The Hall–Kier alpha value is -1.78. The quantitative estimate of drug-likeness (QED) is 0.466. The topological polar surface area (TPSA) is 75.6 Å². The molecule has 0 aromatic carbocycles. The monoisotopic (exact) mass is 178 g/mol. The lowest BCUT2D eigenvalue weighted by molar-refractivity contribution is 1.17. The Morgan fingerprint density at radius 1 is 1.58 bits per heavy atom. The Morgan fingerprint density at radius 3 is 2.92 bits per heavy atom. The van der Waals surface area contributed by atoms with E-state index in [1.54, 1.807) is 6.07 Å². The second-order valence-electron chi connectivity index (χ2n) is 1.79. The lowest BCUT2D eigenvalue weighted by Crippen LogP contribution is -1.95. The SMILES string of the molecule is N#CC#Cc1cnc(N)nc1Cl. The minimum atomic E-state index is 0.0857. The van der Waals surface area contributed by atoms with E-state index in [4.69, 9.17) is 22.6 Å². The zero-order chi connectivity index (χ0) is 8.97. The summed E-state index contributed by atoms with van der Waals surface area (Å²) in [6, 6.07) is 1.65. The minimum absolute atomic E-state index is 0.0857. The van der Waals surface area contributed by atoms with Crippen LogP contribution in [-0.2, 0) is 0 Å². The van der Waals surface area contributed by atoms with Crippen molar-refractivity contribution >= 4 is 17.5 Å². The molecule has 0 atom stereocenters. The van der Waals surface area contributed by atoms with Crippen molar-refractivity contribution in [3.05, 3.63) is 16.9 Å². The van der Waals surface area contributed by atoms with Gasteiger partial charge in [-0.1, -0.05) is 11.6 Å². The molecule has 0 unspecified atom stereocenters. The predicted molar refractivity (Wildman–Crippen MR) is 43.9 cm³/mol. The molecule has 0 aliphatic carbocycles. The van der Waals surface area contributed by atoms with Crippen molar-refractivity contribution in [2.45, 2.75) is 0 Å². The molecule has 1 heterocycles. The van der Waals surface area contributed by atoms with E-state index in [-0.39, 0.29) is 11.1 Å². The van der Waals surface area contributed by atoms with Gasteiger partial charge in [0.2, 0.25) is 5.95 Å². The van der Waals surface area contributed by atoms with Gasteiger partial charge in [-0.15, -0.1) is 0 Å². The van der Waals surface area contributed by atoms with Crippen LogP contribution in [0, 0.1) is 23.2 Å². The standard InChI is InChI=1S/C7H3ClN4/c8-6-5(2-1-3-9)4-11-7(10)12-6/h4H,(H2,10,11,12). The minimum Gasteiger partial charge on any atom is -0.368 e. The third kappa shape index (κ3) is 1.85. The molecule has 0 amide bonds. The van der Waals surface area contributed by atoms with Crippen LogP contribution in [0.4, 0.5) is 5.95 Å². The molecular formula is C7H3ClN4. The van der Waals surface area contributed by atoms with Gasteiger partial charge in [0.25, 0.3) is 0 Å². The van der Waals surface area contributed by atoms with Gasteiger partial charge in [0.05, 0.1) is 5.56 Å². The molecule has 0 saturated heterocycles. The van der Waals surface area contributed by atoms with E-state index in [0.29, 0.717) is 5.56 Å². The summed E-state index contributed by atoms with van der Waals surface area (Å²) in [4.78, 5) is 7.31. The molecule has 0 fully saturated rings. The maximum atomic E-state index is 8.14. The summed E-state index contributed by atoms with van der Waals surface area (Å²) in [7, 11) is 0. The molecule has 4 nitrogen and oxygen atoms in total. The third-order valence-electron chi connectivity index (χ3n) is 1.01. The van der Waals surface area contributed by atoms with Gasteiger partial charge in [-0.05, 0) is 5.92 Å². The summed E-state index contributed by atoms with van der Waals surface area (Å²) in [6.07, 6.45) is 1.37. The summed E-state index contributed by atoms with van der Waals surface area (Å²) in [5.74, 6) is 4.73. The molecule has 12 heavy (non-hydrogen) atoms. The highest BCUT2D eigenvalue weighted by Gasteiger charge is 1.98. The van der Waals surface area contributed by atoms with Crippen molar-refractivity contribution in [2.75, 3.05) is 5.73 Å². The lowest BCUT2D eigenvalue weighted by Gasteiger charge is -1.93. The van der Waals surface area contributed by atoms with Gasteiger partial charge >= 0.3 is 0 Å². The van der Waals surface area contributed by atoms with Gasteiger partial charge in [0, 0.05) is 12.1 Å². The Morgan fingerprint density at radius 2 is 2.33 bits per heavy atom. The molecule has 1 aromatic rings. The fourth-order valence-electron chi connectivity index (χ4n) is 0.553. The van der Waals surface area contributed by atoms with E-state index < -0.39 is 0 Å². The summed E-state index contributed by atoms with van der Waals surface area (Å²) in [5, 5.41) is 8.30. The Balaban J connectivity index is 3.12. The summed E-state index contributed by atoms with van der Waals surface area (Å²) < 4.78 is 0. The number of anilines is 1. The van der Waals surface area contributed by atoms with Crippen LogP contribution in [0.3, 0.4) is 0 Å². The molecule has 0 radical (unpaired) electrons. The maximum absolute atomic E-state index is 8.14. The fourth-order valence-corrected chi connectivity index (χ4v) is 0.735. The number of nitriles is 1. The Labute approximate surface area is 74.0 Å². The second-order valence-corrected chi connectivity index (χ2v) is 2.15. The highest BCUT2D eigenvalue weighted by atomic mass is 35.5. The molecular weight excluding hydrogens is 176 g/mol. The number of nitrogens with two attached hydrogens (primary N) is 1. The van der Waals surface area contributed by atoms with Gasteiger partial charge in [-0.25, -0.2) is 4.98 Å². The van der Waals surface area contributed by atoms with Crippen molar-refractivity contribution < 1.29 is 0 Å². The number of halogens is 1. The summed E-state index contributed by atoms with van der Waals surface area (Å²) in [5.41, 5.74) is 5.63. The Bertz CT molecular complexity index is 396. The molecule has 1 rings (SSSR count). The molecule has 2 N–H and O–H groups in total. The molecule has 5 heteroatoms. The normalized spacial score (nSPS) is 8.00. The van der Waals surface area contributed by atoms with Crippen LogP contribution in [0.2, 0.25) is 5.15 Å². The average Bonchev–Trinajstić information content (AvgIpc) is 2.03. The molecule has 0 bridgehead atoms. The van der Waals surface area contributed by atoms with E-state index in [2.05, 4.69) is 21.8 Å². The fraction of sp³-hybridized carbons (Fsp3) is 0. The van der Waals surface area contributed by atoms with Crippen molar-refractivity contribution in [1.82, 2.24) is 9.97 Å². The predicted octanol–water partition coefficient (Wildman–Crippen LogP) is 0.587. The van der Waals surface area contributed by atoms with Crippen LogP contribution in [0.15, 0.2) is 6.20 Å². The largest absolute Gasteiger partial charge is 0.368 e. The second kappa shape index (κ2) is 3.56. The molecule has 0 aliphatic rings. The zero-order valence-electron chi connectivity index (χ0n) is 5.87. The number of aromatic nitrogens is 2. The number of hydrogen-bond donors (Lipinski definition) is 1. The van der Waals surface area contributed by atoms with Crippen LogP contribution in [0.5, 0.6) is 0 Å². The Kier molecular flexibility index (Phi) is 2.47. The van der Waals surface area contributed by atoms with Crippen molar-refractivity contribution in [3.63, 3.8) is 0 Å². The van der Waals surface area contributed by atoms with Gasteiger partial charge in [-0.3, -0.25) is 0 Å². The van der Waals surface area contributed by atoms with E-state index in [1.165, 1.54) is 6.20 Å². The van der Waals surface area contributed by atoms with Gasteiger partial charge < -0.3 is 5.73 Å². The average molecular weight is 179 g/mol. The van der Waals surface area contributed by atoms with E-state index >= 15 is 0 Å². The highest BCUT2D eigenvalue weighted by molar-refractivity contribution is 6.30. The van der Waals surface area contributed by atoms with Gasteiger partial charge in [-0.2, -0.15) is 10.2 Å². The van der Waals surface area contributed by atoms with Crippen molar-refractivity contribution in [3.8, 4) is 17.9 Å². The summed E-state index contributed by atoms with van der Waals surface area (Å²) in [6.45, 7) is 0. The molecule has 0 aliphatic heterocycles. The number of nitrogen functional groups attached to an aromatic ring is 1. The van der Waals surface area contributed by atoms with E-state index in [0.717, 1.165) is 0 Å². The highest BCUT2D eigenvalue weighted by Crippen LogP contribution is 2.10. The number of hydrogen-bond acceptors (Lipinski definition) is 4. The summed E-state index contributed by atoms with van der Waals surface area (Å²) >= 11 is 5.62. The first-order valence-corrected chi connectivity index (χ1v) is 3.30. The smallest absolute Gasteiger partial charge is 0.221 e. The van der Waals surface area contributed by atoms with Crippen molar-refractivity contribution in [1.29, 1.82) is 5.26 Å². The molecule has 0 saturated carbocycles. The van der Waals surface area contributed by atoms with Gasteiger partial charge in [0.1, 0.15) is 5.15 Å². The lowest BCUT2D eigenvalue weighted by atomic mass is 10.3. The van der Waals surface area contributed by atoms with Crippen LogP contribution in [0.25, 0.3) is 0 Å². The molecule has 0 spiro atoms. The van der Waals surface area contributed by atoms with Crippen molar-refractivity contribution in [2.24, 2.45) is 0 Å².